The van der Waals surface area contributed by atoms with E-state index >= 15 is 0 Å². The first-order valence-electron chi connectivity index (χ1n) is 11.3. The van der Waals surface area contributed by atoms with Gasteiger partial charge in [0.25, 0.3) is 5.91 Å². The van der Waals surface area contributed by atoms with Gasteiger partial charge in [-0.15, -0.1) is 0 Å². The minimum Gasteiger partial charge on any atom is -0.492 e. The number of carbonyl (C=O) groups excluding carboxylic acids is 2. The Morgan fingerprint density at radius 1 is 0.892 bits per heavy atom. The van der Waals surface area contributed by atoms with Gasteiger partial charge in [-0.1, -0.05) is 53.5 Å². The maximum absolute atomic E-state index is 12.5. The number of benzene rings is 3. The molecule has 0 saturated carbocycles. The molecular formula is C26H24BrCl2N3O4S. The Morgan fingerprint density at radius 2 is 1.62 bits per heavy atom. The van der Waals surface area contributed by atoms with Crippen molar-refractivity contribution in [3.63, 3.8) is 0 Å². The molecule has 37 heavy (non-hydrogen) atoms. The third kappa shape index (κ3) is 9.85. The van der Waals surface area contributed by atoms with Gasteiger partial charge < -0.3 is 9.47 Å². The first kappa shape index (κ1) is 28.7. The van der Waals surface area contributed by atoms with E-state index in [1.54, 1.807) is 36.4 Å². The fourth-order valence-corrected chi connectivity index (χ4v) is 4.19. The van der Waals surface area contributed by atoms with Gasteiger partial charge >= 0.3 is 0 Å². The quantitative estimate of drug-likeness (QED) is 0.149. The highest BCUT2D eigenvalue weighted by Gasteiger charge is 2.12. The molecule has 194 valence electrons. The van der Waals surface area contributed by atoms with Crippen LogP contribution < -0.4 is 25.6 Å². The number of carbonyl (C=O) groups is 2. The predicted molar refractivity (Wildman–Crippen MR) is 152 cm³/mol. The second-order valence-electron chi connectivity index (χ2n) is 7.71. The Hall–Kier alpha value is -2.85. The highest BCUT2D eigenvalue weighted by atomic mass is 79.9. The second kappa shape index (κ2) is 14.8. The van der Waals surface area contributed by atoms with Crippen LogP contribution in [0.2, 0.25) is 10.0 Å². The average Bonchev–Trinajstić information content (AvgIpc) is 2.88. The molecule has 0 atom stereocenters. The molecule has 0 aliphatic heterocycles. The zero-order chi connectivity index (χ0) is 26.6. The smallest absolute Gasteiger partial charge is 0.257 e. The number of ether oxygens (including phenoxy) is 2. The number of thiocarbonyl (C=S) groups is 1. The molecule has 0 aliphatic carbocycles. The van der Waals surface area contributed by atoms with E-state index in [9.17, 15) is 9.59 Å². The van der Waals surface area contributed by atoms with Crippen molar-refractivity contribution in [2.24, 2.45) is 0 Å². The summed E-state index contributed by atoms with van der Waals surface area (Å²) in [5.74, 6) is 0.369. The van der Waals surface area contributed by atoms with Crippen molar-refractivity contribution in [3.05, 3.63) is 92.4 Å². The van der Waals surface area contributed by atoms with E-state index in [0.29, 0.717) is 44.6 Å². The van der Waals surface area contributed by atoms with Gasteiger partial charge in [0.2, 0.25) is 5.91 Å². The minimum atomic E-state index is -0.434. The molecular weight excluding hydrogens is 601 g/mol. The molecule has 3 N–H and O–H groups in total. The number of hydrogen-bond donors (Lipinski definition) is 3. The fourth-order valence-electron chi connectivity index (χ4n) is 3.09. The van der Waals surface area contributed by atoms with Crippen molar-refractivity contribution in [2.75, 3.05) is 13.2 Å². The van der Waals surface area contributed by atoms with Crippen LogP contribution in [0.15, 0.2) is 71.2 Å². The standard InChI is InChI=1S/C26H24BrCl2N3O4S/c27-20-15-18(8-10-22(20)36-14-12-17-5-2-1-3-6-17)25(34)30-26(37)32-31-24(33)7-4-13-35-23-11-9-19(28)16-21(23)29/h1-3,5-6,8-11,15-16H,4,7,12-14H2,(H,31,33)(H2,30,32,34,37). The van der Waals surface area contributed by atoms with E-state index in [0.717, 1.165) is 6.42 Å². The van der Waals surface area contributed by atoms with Crippen molar-refractivity contribution < 1.29 is 19.1 Å². The molecule has 0 unspecified atom stereocenters. The van der Waals surface area contributed by atoms with Crippen molar-refractivity contribution in [3.8, 4) is 11.5 Å². The van der Waals surface area contributed by atoms with Crippen molar-refractivity contribution in [2.45, 2.75) is 19.3 Å². The van der Waals surface area contributed by atoms with Crippen LogP contribution in [0.3, 0.4) is 0 Å². The number of hydrogen-bond acceptors (Lipinski definition) is 5. The van der Waals surface area contributed by atoms with E-state index in [4.69, 9.17) is 44.9 Å². The largest absolute Gasteiger partial charge is 0.492 e. The third-order valence-corrected chi connectivity index (χ3v) is 6.28. The summed E-state index contributed by atoms with van der Waals surface area (Å²) in [5, 5.41) is 3.39. The van der Waals surface area contributed by atoms with Crippen LogP contribution in [0, 0.1) is 0 Å². The molecule has 0 aromatic heterocycles. The van der Waals surface area contributed by atoms with Gasteiger partial charge in [0.05, 0.1) is 22.7 Å². The van der Waals surface area contributed by atoms with Crippen molar-refractivity contribution in [1.29, 1.82) is 0 Å². The lowest BCUT2D eigenvalue weighted by Gasteiger charge is -2.12. The lowest BCUT2D eigenvalue weighted by Crippen LogP contribution is -2.48. The zero-order valence-corrected chi connectivity index (χ0v) is 23.5. The Labute approximate surface area is 238 Å². The molecule has 0 radical (unpaired) electrons. The van der Waals surface area contributed by atoms with E-state index in [2.05, 4.69) is 32.1 Å². The van der Waals surface area contributed by atoms with Crippen LogP contribution in [0.1, 0.15) is 28.8 Å². The molecule has 3 aromatic rings. The highest BCUT2D eigenvalue weighted by Crippen LogP contribution is 2.28. The van der Waals surface area contributed by atoms with Gasteiger partial charge in [0.1, 0.15) is 11.5 Å². The van der Waals surface area contributed by atoms with E-state index in [-0.39, 0.29) is 24.0 Å². The zero-order valence-electron chi connectivity index (χ0n) is 19.6. The van der Waals surface area contributed by atoms with E-state index < -0.39 is 5.91 Å². The van der Waals surface area contributed by atoms with Crippen molar-refractivity contribution in [1.82, 2.24) is 16.2 Å². The summed E-state index contributed by atoms with van der Waals surface area (Å²) in [7, 11) is 0. The second-order valence-corrected chi connectivity index (χ2v) is 9.82. The first-order valence-corrected chi connectivity index (χ1v) is 13.2. The molecule has 0 bridgehead atoms. The molecule has 3 rings (SSSR count). The van der Waals surface area contributed by atoms with E-state index in [1.165, 1.54) is 5.56 Å². The number of rotatable bonds is 10. The molecule has 3 aromatic carbocycles. The van der Waals surface area contributed by atoms with Crippen LogP contribution in [0.25, 0.3) is 0 Å². The maximum atomic E-state index is 12.5. The van der Waals surface area contributed by atoms with Gasteiger partial charge in [-0.2, -0.15) is 0 Å². The van der Waals surface area contributed by atoms with Crippen molar-refractivity contribution >= 4 is 68.3 Å². The molecule has 0 aliphatic rings. The number of nitrogens with one attached hydrogen (secondary N) is 3. The predicted octanol–water partition coefficient (Wildman–Crippen LogP) is 5.87. The molecule has 0 heterocycles. The molecule has 0 spiro atoms. The summed E-state index contributed by atoms with van der Waals surface area (Å²) in [5.41, 5.74) is 6.50. The van der Waals surface area contributed by atoms with Crippen LogP contribution in [0.5, 0.6) is 11.5 Å². The maximum Gasteiger partial charge on any atom is 0.257 e. The summed E-state index contributed by atoms with van der Waals surface area (Å²) in [6.07, 6.45) is 1.39. The number of amides is 2. The lowest BCUT2D eigenvalue weighted by atomic mass is 10.2. The first-order chi connectivity index (χ1) is 17.8. The van der Waals surface area contributed by atoms with Gasteiger partial charge in [-0.25, -0.2) is 0 Å². The van der Waals surface area contributed by atoms with Gasteiger partial charge in [0.15, 0.2) is 5.11 Å². The van der Waals surface area contributed by atoms with Crippen LogP contribution >= 0.6 is 51.3 Å². The number of halogens is 3. The number of hydrazine groups is 1. The third-order valence-electron chi connectivity index (χ3n) is 4.93. The van der Waals surface area contributed by atoms with Crippen LogP contribution in [-0.4, -0.2) is 30.1 Å². The van der Waals surface area contributed by atoms with Gasteiger partial charge in [-0.05, 0) is 76.5 Å². The average molecular weight is 625 g/mol. The van der Waals surface area contributed by atoms with Crippen LogP contribution in [-0.2, 0) is 11.2 Å². The monoisotopic (exact) mass is 623 g/mol. The lowest BCUT2D eigenvalue weighted by molar-refractivity contribution is -0.121. The highest BCUT2D eigenvalue weighted by molar-refractivity contribution is 9.10. The summed E-state index contributed by atoms with van der Waals surface area (Å²) < 4.78 is 12.0. The molecule has 0 saturated heterocycles. The SMILES string of the molecule is O=C(CCCOc1ccc(Cl)cc1Cl)NNC(=S)NC(=O)c1ccc(OCCc2ccccc2)c(Br)c1. The summed E-state index contributed by atoms with van der Waals surface area (Å²) in [6.45, 7) is 0.791. The molecule has 2 amide bonds. The topological polar surface area (TPSA) is 88.7 Å². The van der Waals surface area contributed by atoms with Gasteiger partial charge in [0, 0.05) is 23.4 Å². The fraction of sp³-hybridized carbons (Fsp3) is 0.192. The van der Waals surface area contributed by atoms with Gasteiger partial charge in [-0.3, -0.25) is 25.8 Å². The van der Waals surface area contributed by atoms with Crippen LogP contribution in [0.4, 0.5) is 0 Å². The Balaban J connectivity index is 1.35. The minimum absolute atomic E-state index is 0.0399. The molecule has 11 heteroatoms. The Kier molecular flexibility index (Phi) is 11.5. The molecule has 7 nitrogen and oxygen atoms in total. The van der Waals surface area contributed by atoms with E-state index in [1.807, 2.05) is 30.3 Å². The Morgan fingerprint density at radius 3 is 2.35 bits per heavy atom. The summed E-state index contributed by atoms with van der Waals surface area (Å²) in [4.78, 5) is 24.5. The summed E-state index contributed by atoms with van der Waals surface area (Å²) >= 11 is 20.4. The summed E-state index contributed by atoms with van der Waals surface area (Å²) in [6, 6.07) is 19.9. The molecule has 0 fully saturated rings. The Bertz CT molecular complexity index is 1250. The normalized spacial score (nSPS) is 10.4.